The lowest BCUT2D eigenvalue weighted by atomic mass is 9.87. The van der Waals surface area contributed by atoms with Gasteiger partial charge in [-0.15, -0.1) is 0 Å². The lowest BCUT2D eigenvalue weighted by Crippen LogP contribution is -2.24. The average molecular weight is 258 g/mol. The van der Waals surface area contributed by atoms with Crippen molar-refractivity contribution in [3.05, 3.63) is 0 Å². The van der Waals surface area contributed by atoms with Crippen LogP contribution in [0.4, 0.5) is 0 Å². The van der Waals surface area contributed by atoms with Gasteiger partial charge < -0.3 is 9.47 Å². The van der Waals surface area contributed by atoms with Gasteiger partial charge in [-0.2, -0.15) is 0 Å². The van der Waals surface area contributed by atoms with E-state index in [0.717, 1.165) is 6.42 Å². The normalized spacial score (nSPS) is 13.8. The van der Waals surface area contributed by atoms with Crippen LogP contribution < -0.4 is 0 Å². The third-order valence-electron chi connectivity index (χ3n) is 3.12. The molecule has 2 unspecified atom stereocenters. The molecule has 4 nitrogen and oxygen atoms in total. The third-order valence-corrected chi connectivity index (χ3v) is 3.12. The van der Waals surface area contributed by atoms with E-state index in [1.165, 1.54) is 0 Å². The molecule has 4 heteroatoms. The van der Waals surface area contributed by atoms with Crippen LogP contribution in [0, 0.1) is 11.8 Å². The van der Waals surface area contributed by atoms with E-state index in [-0.39, 0.29) is 23.8 Å². The Morgan fingerprint density at radius 2 is 1.67 bits per heavy atom. The van der Waals surface area contributed by atoms with Gasteiger partial charge in [0.05, 0.1) is 19.1 Å². The number of rotatable bonds is 9. The van der Waals surface area contributed by atoms with E-state index in [2.05, 4.69) is 6.92 Å². The molecule has 106 valence electrons. The Balaban J connectivity index is 4.17. The minimum Gasteiger partial charge on any atom is -0.466 e. The number of hydrogen-bond acceptors (Lipinski definition) is 4. The highest BCUT2D eigenvalue weighted by atomic mass is 16.5. The first-order valence-electron chi connectivity index (χ1n) is 6.88. The molecule has 0 saturated heterocycles. The zero-order valence-corrected chi connectivity index (χ0v) is 12.0. The van der Waals surface area contributed by atoms with E-state index >= 15 is 0 Å². The molecule has 0 aromatic carbocycles. The van der Waals surface area contributed by atoms with Crippen molar-refractivity contribution in [2.24, 2.45) is 11.8 Å². The molecule has 0 amide bonds. The summed E-state index contributed by atoms with van der Waals surface area (Å²) in [5.74, 6) is -0.157. The van der Waals surface area contributed by atoms with Crippen LogP contribution in [-0.4, -0.2) is 25.2 Å². The number of esters is 2. The minimum absolute atomic E-state index is 0.107. The third kappa shape index (κ3) is 6.62. The maximum Gasteiger partial charge on any atom is 0.309 e. The Labute approximate surface area is 110 Å². The summed E-state index contributed by atoms with van der Waals surface area (Å²) in [6, 6.07) is 0. The Morgan fingerprint density at radius 3 is 2.17 bits per heavy atom. The lowest BCUT2D eigenvalue weighted by Gasteiger charge is -2.20. The molecule has 0 aromatic rings. The molecule has 0 rings (SSSR count). The second-order valence-corrected chi connectivity index (χ2v) is 4.44. The molecule has 0 aliphatic carbocycles. The summed E-state index contributed by atoms with van der Waals surface area (Å²) in [6.45, 7) is 8.52. The van der Waals surface area contributed by atoms with E-state index in [9.17, 15) is 9.59 Å². The second-order valence-electron chi connectivity index (χ2n) is 4.44. The van der Waals surface area contributed by atoms with E-state index in [4.69, 9.17) is 9.47 Å². The molecule has 0 spiro atoms. The van der Waals surface area contributed by atoms with Gasteiger partial charge >= 0.3 is 11.9 Å². The standard InChI is InChI=1S/C14H26O4/c1-5-11(4)12(14(16)18-7-3)9-8-10-13(15)17-6-2/h11-12H,5-10H2,1-4H3. The fourth-order valence-corrected chi connectivity index (χ4v) is 1.87. The second kappa shape index (κ2) is 9.92. The van der Waals surface area contributed by atoms with Gasteiger partial charge in [0, 0.05) is 6.42 Å². The summed E-state index contributed by atoms with van der Waals surface area (Å²) < 4.78 is 9.94. The van der Waals surface area contributed by atoms with Gasteiger partial charge in [0.25, 0.3) is 0 Å². The largest absolute Gasteiger partial charge is 0.466 e. The Hall–Kier alpha value is -1.06. The highest BCUT2D eigenvalue weighted by Crippen LogP contribution is 2.23. The molecule has 2 atom stereocenters. The monoisotopic (exact) mass is 258 g/mol. The molecular weight excluding hydrogens is 232 g/mol. The first-order valence-corrected chi connectivity index (χ1v) is 6.88. The molecule has 0 aliphatic heterocycles. The van der Waals surface area contributed by atoms with Crippen molar-refractivity contribution in [2.45, 2.75) is 53.4 Å². The summed E-state index contributed by atoms with van der Waals surface area (Å²) in [5.41, 5.74) is 0. The van der Waals surface area contributed by atoms with Gasteiger partial charge in [-0.1, -0.05) is 20.3 Å². The van der Waals surface area contributed by atoms with Crippen LogP contribution in [0.15, 0.2) is 0 Å². The smallest absolute Gasteiger partial charge is 0.309 e. The quantitative estimate of drug-likeness (QED) is 0.597. The van der Waals surface area contributed by atoms with Gasteiger partial charge in [-0.3, -0.25) is 9.59 Å². The number of hydrogen-bond donors (Lipinski definition) is 0. The van der Waals surface area contributed by atoms with Crippen LogP contribution in [0.2, 0.25) is 0 Å². The van der Waals surface area contributed by atoms with Crippen LogP contribution in [0.3, 0.4) is 0 Å². The topological polar surface area (TPSA) is 52.6 Å². The van der Waals surface area contributed by atoms with Gasteiger partial charge in [0.1, 0.15) is 0 Å². The maximum atomic E-state index is 11.8. The summed E-state index contributed by atoms with van der Waals surface area (Å²) >= 11 is 0. The summed E-state index contributed by atoms with van der Waals surface area (Å²) in [4.78, 5) is 23.0. The average Bonchev–Trinajstić information content (AvgIpc) is 2.34. The van der Waals surface area contributed by atoms with Crippen LogP contribution in [-0.2, 0) is 19.1 Å². The number of carbonyl (C=O) groups excluding carboxylic acids is 2. The van der Waals surface area contributed by atoms with E-state index in [0.29, 0.717) is 32.5 Å². The van der Waals surface area contributed by atoms with Crippen molar-refractivity contribution in [1.82, 2.24) is 0 Å². The highest BCUT2D eigenvalue weighted by Gasteiger charge is 2.25. The van der Waals surface area contributed by atoms with Crippen LogP contribution in [0.5, 0.6) is 0 Å². The van der Waals surface area contributed by atoms with E-state index in [1.807, 2.05) is 13.8 Å². The predicted molar refractivity (Wildman–Crippen MR) is 70.1 cm³/mol. The first kappa shape index (κ1) is 16.9. The molecule has 0 aliphatic rings. The molecule has 0 bridgehead atoms. The minimum atomic E-state index is -0.190. The molecule has 0 fully saturated rings. The number of carbonyl (C=O) groups is 2. The fraction of sp³-hybridized carbons (Fsp3) is 0.857. The molecule has 0 saturated carbocycles. The summed E-state index contributed by atoms with van der Waals surface area (Å²) in [7, 11) is 0. The molecule has 0 radical (unpaired) electrons. The molecule has 0 N–H and O–H groups in total. The Bertz CT molecular complexity index is 250. The summed E-state index contributed by atoms with van der Waals surface area (Å²) in [6.07, 6.45) is 2.67. The Kier molecular flexibility index (Phi) is 9.33. The lowest BCUT2D eigenvalue weighted by molar-refractivity contribution is -0.151. The molecular formula is C14H26O4. The summed E-state index contributed by atoms with van der Waals surface area (Å²) in [5, 5.41) is 0. The van der Waals surface area contributed by atoms with Crippen molar-refractivity contribution >= 4 is 11.9 Å². The number of ether oxygens (including phenoxy) is 2. The van der Waals surface area contributed by atoms with Gasteiger partial charge in [0.2, 0.25) is 0 Å². The molecule has 0 heterocycles. The van der Waals surface area contributed by atoms with Crippen molar-refractivity contribution < 1.29 is 19.1 Å². The van der Waals surface area contributed by atoms with Crippen molar-refractivity contribution in [2.75, 3.05) is 13.2 Å². The molecule has 0 aromatic heterocycles. The van der Waals surface area contributed by atoms with Crippen molar-refractivity contribution in [3.8, 4) is 0 Å². The Morgan fingerprint density at radius 1 is 1.06 bits per heavy atom. The SMILES string of the molecule is CCOC(=O)CCCC(C(=O)OCC)C(C)CC. The van der Waals surface area contributed by atoms with Crippen LogP contribution in [0.25, 0.3) is 0 Å². The highest BCUT2D eigenvalue weighted by molar-refractivity contribution is 5.73. The molecule has 18 heavy (non-hydrogen) atoms. The van der Waals surface area contributed by atoms with E-state index in [1.54, 1.807) is 6.92 Å². The van der Waals surface area contributed by atoms with E-state index < -0.39 is 0 Å². The van der Waals surface area contributed by atoms with Crippen LogP contribution in [0.1, 0.15) is 53.4 Å². The zero-order valence-electron chi connectivity index (χ0n) is 12.0. The fourth-order valence-electron chi connectivity index (χ4n) is 1.87. The van der Waals surface area contributed by atoms with Crippen molar-refractivity contribution in [3.63, 3.8) is 0 Å². The first-order chi connectivity index (χ1) is 8.56. The predicted octanol–water partition coefficient (Wildman–Crippen LogP) is 2.95. The van der Waals surface area contributed by atoms with Gasteiger partial charge in [-0.05, 0) is 32.6 Å². The van der Waals surface area contributed by atoms with Crippen LogP contribution >= 0.6 is 0 Å². The van der Waals surface area contributed by atoms with Crippen molar-refractivity contribution in [1.29, 1.82) is 0 Å². The zero-order chi connectivity index (χ0) is 14.0. The maximum absolute atomic E-state index is 11.8. The van der Waals surface area contributed by atoms with Gasteiger partial charge in [-0.25, -0.2) is 0 Å². The van der Waals surface area contributed by atoms with Gasteiger partial charge in [0.15, 0.2) is 0 Å².